The topological polar surface area (TPSA) is 53.3 Å². The maximum absolute atomic E-state index is 11.0. The van der Waals surface area contributed by atoms with Gasteiger partial charge in [0, 0.05) is 5.56 Å². The molecule has 0 heterocycles. The highest BCUT2D eigenvalue weighted by Crippen LogP contribution is 2.22. The maximum atomic E-state index is 11.0. The van der Waals surface area contributed by atoms with Gasteiger partial charge in [0.15, 0.2) is 0 Å². The monoisotopic (exact) mass is 226 g/mol. The molecule has 0 saturated heterocycles. The van der Waals surface area contributed by atoms with E-state index in [2.05, 4.69) is 25.9 Å². The predicted octanol–water partition coefficient (Wildman–Crippen LogP) is 3.58. The molecule has 4 heteroatoms. The minimum absolute atomic E-state index is 0. The average Bonchev–Trinajstić information content (AvgIpc) is 2.15. The molecule has 1 amide bonds. The number of carbonyl (C=O) groups is 1. The second kappa shape index (κ2) is 5.03. The van der Waals surface area contributed by atoms with Crippen LogP contribution in [0.15, 0.2) is 29.4 Å². The van der Waals surface area contributed by atoms with Crippen LogP contribution >= 0.6 is 12.4 Å². The van der Waals surface area contributed by atoms with Crippen LogP contribution in [-0.4, -0.2) is 5.91 Å². The van der Waals surface area contributed by atoms with Gasteiger partial charge in [-0.25, -0.2) is 5.53 Å². The van der Waals surface area contributed by atoms with Gasteiger partial charge in [-0.15, -0.1) is 17.5 Å². The fourth-order valence-corrected chi connectivity index (χ4v) is 1.18. The largest absolute Gasteiger partial charge is 0.294 e. The van der Waals surface area contributed by atoms with E-state index in [-0.39, 0.29) is 17.8 Å². The molecule has 0 aliphatic heterocycles. The van der Waals surface area contributed by atoms with Crippen LogP contribution in [0.5, 0.6) is 0 Å². The van der Waals surface area contributed by atoms with Crippen molar-refractivity contribution in [3.8, 4) is 0 Å². The Kier molecular flexibility index (Phi) is 4.62. The Balaban J connectivity index is 0.00000196. The van der Waals surface area contributed by atoms with Gasteiger partial charge < -0.3 is 0 Å². The Bertz CT molecular complexity index is 352. The van der Waals surface area contributed by atoms with E-state index in [1.54, 1.807) is 12.1 Å². The molecule has 1 N–H and O–H groups in total. The van der Waals surface area contributed by atoms with Crippen molar-refractivity contribution in [2.75, 3.05) is 0 Å². The van der Waals surface area contributed by atoms with E-state index < -0.39 is 5.91 Å². The first-order valence-corrected chi connectivity index (χ1v) is 4.47. The Morgan fingerprint density at radius 2 is 1.67 bits per heavy atom. The number of nitrogens with one attached hydrogen (secondary N) is 1. The van der Waals surface area contributed by atoms with Crippen molar-refractivity contribution in [1.82, 2.24) is 0 Å². The Morgan fingerprint density at radius 1 is 1.20 bits per heavy atom. The number of halogens is 1. The van der Waals surface area contributed by atoms with E-state index >= 15 is 0 Å². The third-order valence-corrected chi connectivity index (χ3v) is 2.10. The maximum Gasteiger partial charge on any atom is 0.294 e. The molecule has 0 aliphatic rings. The first-order chi connectivity index (χ1) is 6.45. The van der Waals surface area contributed by atoms with Crippen LogP contribution in [0.3, 0.4) is 0 Å². The van der Waals surface area contributed by atoms with Crippen molar-refractivity contribution in [2.45, 2.75) is 26.2 Å². The van der Waals surface area contributed by atoms with E-state index in [0.717, 1.165) is 0 Å². The summed E-state index contributed by atoms with van der Waals surface area (Å²) < 4.78 is 0. The lowest BCUT2D eigenvalue weighted by Crippen LogP contribution is -2.11. The molecule has 0 saturated carbocycles. The third kappa shape index (κ3) is 3.44. The minimum atomic E-state index is -0.495. The summed E-state index contributed by atoms with van der Waals surface area (Å²) in [5, 5.41) is 2.86. The zero-order chi connectivity index (χ0) is 10.8. The van der Waals surface area contributed by atoms with Gasteiger partial charge in [0.25, 0.3) is 5.91 Å². The predicted molar refractivity (Wildman–Crippen MR) is 61.9 cm³/mol. The molecule has 0 aliphatic carbocycles. The average molecular weight is 227 g/mol. The highest BCUT2D eigenvalue weighted by molar-refractivity contribution is 5.94. The highest BCUT2D eigenvalue weighted by Gasteiger charge is 2.13. The quantitative estimate of drug-likeness (QED) is 0.732. The molecular weight excluding hydrogens is 212 g/mol. The van der Waals surface area contributed by atoms with Gasteiger partial charge in [-0.2, -0.15) is 0 Å². The molecule has 0 atom stereocenters. The minimum Gasteiger partial charge on any atom is -0.265 e. The van der Waals surface area contributed by atoms with E-state index in [4.69, 9.17) is 5.53 Å². The molecule has 0 radical (unpaired) electrons. The SMILES string of the molecule is CC(C)(C)c1ccc(C(=O)N=N)cc1.Cl. The lowest BCUT2D eigenvalue weighted by Gasteiger charge is -2.18. The number of hydrogen-bond donors (Lipinski definition) is 1. The van der Waals surface area contributed by atoms with Crippen LogP contribution in [0.4, 0.5) is 0 Å². The molecule has 0 fully saturated rings. The highest BCUT2D eigenvalue weighted by atomic mass is 35.5. The summed E-state index contributed by atoms with van der Waals surface area (Å²) in [7, 11) is 0. The molecule has 0 bridgehead atoms. The van der Waals surface area contributed by atoms with Crippen molar-refractivity contribution in [2.24, 2.45) is 5.11 Å². The van der Waals surface area contributed by atoms with E-state index in [9.17, 15) is 4.79 Å². The van der Waals surface area contributed by atoms with Gasteiger partial charge in [-0.05, 0) is 23.1 Å². The fourth-order valence-electron chi connectivity index (χ4n) is 1.18. The molecule has 1 aromatic rings. The first kappa shape index (κ1) is 13.8. The second-order valence-corrected chi connectivity index (χ2v) is 4.24. The Morgan fingerprint density at radius 3 is 2.00 bits per heavy atom. The molecule has 0 unspecified atom stereocenters. The van der Waals surface area contributed by atoms with Crippen LogP contribution < -0.4 is 0 Å². The molecular formula is C11H15ClN2O. The zero-order valence-corrected chi connectivity index (χ0v) is 9.89. The van der Waals surface area contributed by atoms with Crippen LogP contribution in [0.2, 0.25) is 0 Å². The normalized spacial score (nSPS) is 10.3. The lowest BCUT2D eigenvalue weighted by atomic mass is 9.87. The van der Waals surface area contributed by atoms with E-state index in [1.807, 2.05) is 12.1 Å². The summed E-state index contributed by atoms with van der Waals surface area (Å²) in [6.07, 6.45) is 0. The van der Waals surface area contributed by atoms with Gasteiger partial charge >= 0.3 is 0 Å². The van der Waals surface area contributed by atoms with Gasteiger partial charge in [0.05, 0.1) is 0 Å². The van der Waals surface area contributed by atoms with Crippen molar-refractivity contribution < 1.29 is 4.79 Å². The number of amides is 1. The lowest BCUT2D eigenvalue weighted by molar-refractivity contribution is 0.0991. The zero-order valence-electron chi connectivity index (χ0n) is 9.07. The smallest absolute Gasteiger partial charge is 0.265 e. The number of rotatable bonds is 1. The van der Waals surface area contributed by atoms with Crippen LogP contribution in [0, 0.1) is 5.53 Å². The molecule has 1 aromatic carbocycles. The summed E-state index contributed by atoms with van der Waals surface area (Å²) in [6, 6.07) is 7.22. The number of carbonyl (C=O) groups excluding carboxylic acids is 1. The third-order valence-electron chi connectivity index (χ3n) is 2.10. The molecule has 0 aromatic heterocycles. The molecule has 15 heavy (non-hydrogen) atoms. The standard InChI is InChI=1S/C11H14N2O.ClH/c1-11(2,3)9-6-4-8(5-7-9)10(14)13-12;/h4-7,12H,1-3H3;1H. The van der Waals surface area contributed by atoms with Gasteiger partial charge in [-0.1, -0.05) is 32.9 Å². The van der Waals surface area contributed by atoms with Crippen LogP contribution in [-0.2, 0) is 5.41 Å². The van der Waals surface area contributed by atoms with Crippen molar-refractivity contribution in [3.63, 3.8) is 0 Å². The van der Waals surface area contributed by atoms with Gasteiger partial charge in [-0.3, -0.25) is 4.79 Å². The Labute approximate surface area is 95.8 Å². The van der Waals surface area contributed by atoms with Crippen LogP contribution in [0.25, 0.3) is 0 Å². The fraction of sp³-hybridized carbons (Fsp3) is 0.364. The number of hydrogen-bond acceptors (Lipinski definition) is 2. The van der Waals surface area contributed by atoms with Crippen molar-refractivity contribution >= 4 is 18.3 Å². The summed E-state index contributed by atoms with van der Waals surface area (Å²) in [4.78, 5) is 11.0. The number of nitrogens with zero attached hydrogens (tertiary/aromatic N) is 1. The number of benzene rings is 1. The van der Waals surface area contributed by atoms with E-state index in [0.29, 0.717) is 5.56 Å². The van der Waals surface area contributed by atoms with Crippen LogP contribution in [0.1, 0.15) is 36.7 Å². The molecule has 0 spiro atoms. The first-order valence-electron chi connectivity index (χ1n) is 4.47. The summed E-state index contributed by atoms with van der Waals surface area (Å²) in [5.74, 6) is -0.495. The summed E-state index contributed by atoms with van der Waals surface area (Å²) in [6.45, 7) is 6.33. The summed E-state index contributed by atoms with van der Waals surface area (Å²) >= 11 is 0. The molecule has 1 rings (SSSR count). The van der Waals surface area contributed by atoms with Gasteiger partial charge in [0.1, 0.15) is 0 Å². The van der Waals surface area contributed by atoms with Gasteiger partial charge in [0.2, 0.25) is 0 Å². The Hall–Kier alpha value is -1.22. The van der Waals surface area contributed by atoms with Crippen molar-refractivity contribution in [1.29, 1.82) is 5.53 Å². The van der Waals surface area contributed by atoms with Crippen molar-refractivity contribution in [3.05, 3.63) is 35.4 Å². The molecule has 82 valence electrons. The molecule has 3 nitrogen and oxygen atoms in total. The second-order valence-electron chi connectivity index (χ2n) is 4.24. The van der Waals surface area contributed by atoms with E-state index in [1.165, 1.54) is 5.56 Å². The summed E-state index contributed by atoms with van der Waals surface area (Å²) in [5.41, 5.74) is 8.31.